The second kappa shape index (κ2) is 8.65. The standard InChI is InChI=1S/C19H20F4N2OS/c1-12-9-17(13(2)8-16(12)24-11-25(3)4)27-15-7-5-6-14(10-15)26-18(20)19(21,22)23/h5-11,18H,1-4H3. The monoisotopic (exact) mass is 400 g/mol. The summed E-state index contributed by atoms with van der Waals surface area (Å²) in [5, 5.41) is 0. The van der Waals surface area contributed by atoms with Gasteiger partial charge in [-0.3, -0.25) is 0 Å². The van der Waals surface area contributed by atoms with E-state index in [-0.39, 0.29) is 5.75 Å². The first-order valence-electron chi connectivity index (χ1n) is 8.03. The molecule has 0 aliphatic heterocycles. The molecule has 0 N–H and O–H groups in total. The summed E-state index contributed by atoms with van der Waals surface area (Å²) < 4.78 is 54.4. The number of benzene rings is 2. The molecular weight excluding hydrogens is 380 g/mol. The van der Waals surface area contributed by atoms with Crippen LogP contribution in [0.1, 0.15) is 11.1 Å². The zero-order valence-electron chi connectivity index (χ0n) is 15.3. The highest BCUT2D eigenvalue weighted by Crippen LogP contribution is 2.36. The number of nitrogens with zero attached hydrogens (tertiary/aromatic N) is 2. The molecule has 0 fully saturated rings. The minimum absolute atomic E-state index is 0.175. The first-order valence-corrected chi connectivity index (χ1v) is 8.85. The molecule has 0 bridgehead atoms. The number of hydrogen-bond acceptors (Lipinski definition) is 3. The number of halogens is 4. The van der Waals surface area contributed by atoms with Gasteiger partial charge in [0.2, 0.25) is 0 Å². The van der Waals surface area contributed by atoms with Gasteiger partial charge in [-0.2, -0.15) is 17.6 Å². The van der Waals surface area contributed by atoms with Gasteiger partial charge in [0.15, 0.2) is 0 Å². The highest BCUT2D eigenvalue weighted by molar-refractivity contribution is 7.99. The van der Waals surface area contributed by atoms with Gasteiger partial charge in [0, 0.05) is 23.9 Å². The van der Waals surface area contributed by atoms with E-state index in [9.17, 15) is 17.6 Å². The van der Waals surface area contributed by atoms with Crippen LogP contribution in [0.4, 0.5) is 23.2 Å². The van der Waals surface area contributed by atoms with Crippen molar-refractivity contribution in [2.45, 2.75) is 36.2 Å². The van der Waals surface area contributed by atoms with Crippen molar-refractivity contribution in [2.75, 3.05) is 14.1 Å². The van der Waals surface area contributed by atoms with Crippen molar-refractivity contribution in [3.63, 3.8) is 0 Å². The van der Waals surface area contributed by atoms with Crippen LogP contribution in [0.3, 0.4) is 0 Å². The van der Waals surface area contributed by atoms with E-state index in [1.165, 1.54) is 30.0 Å². The van der Waals surface area contributed by atoms with E-state index in [2.05, 4.69) is 9.73 Å². The Labute approximate surface area is 160 Å². The third-order valence-electron chi connectivity index (χ3n) is 3.45. The summed E-state index contributed by atoms with van der Waals surface area (Å²) in [6.07, 6.45) is -6.70. The van der Waals surface area contributed by atoms with E-state index in [4.69, 9.17) is 0 Å². The van der Waals surface area contributed by atoms with Crippen LogP contribution in [-0.4, -0.2) is 37.9 Å². The number of aliphatic imine (C=N–C) groups is 1. The van der Waals surface area contributed by atoms with Crippen LogP contribution < -0.4 is 4.74 Å². The molecule has 27 heavy (non-hydrogen) atoms. The molecule has 0 aliphatic rings. The molecule has 2 aromatic rings. The lowest BCUT2D eigenvalue weighted by atomic mass is 10.1. The number of hydrogen-bond donors (Lipinski definition) is 0. The molecule has 3 nitrogen and oxygen atoms in total. The second-order valence-corrected chi connectivity index (χ2v) is 7.28. The second-order valence-electron chi connectivity index (χ2n) is 6.16. The predicted octanol–water partition coefficient (Wildman–Crippen LogP) is 5.91. The first kappa shape index (κ1) is 21.1. The Bertz CT molecular complexity index is 822. The minimum Gasteiger partial charge on any atom is -0.452 e. The van der Waals surface area contributed by atoms with Crippen molar-refractivity contribution >= 4 is 23.8 Å². The summed E-state index contributed by atoms with van der Waals surface area (Å²) in [7, 11) is 3.76. The molecule has 0 radical (unpaired) electrons. The molecule has 0 saturated carbocycles. The van der Waals surface area contributed by atoms with Crippen LogP contribution in [-0.2, 0) is 0 Å². The molecule has 0 amide bonds. The molecule has 2 aromatic carbocycles. The fourth-order valence-corrected chi connectivity index (χ4v) is 3.16. The molecule has 2 rings (SSSR count). The predicted molar refractivity (Wildman–Crippen MR) is 99.9 cm³/mol. The maximum absolute atomic E-state index is 13.1. The van der Waals surface area contributed by atoms with Crippen molar-refractivity contribution < 1.29 is 22.3 Å². The lowest BCUT2D eigenvalue weighted by Crippen LogP contribution is -2.29. The Balaban J connectivity index is 2.20. The summed E-state index contributed by atoms with van der Waals surface area (Å²) in [6, 6.07) is 9.84. The van der Waals surface area contributed by atoms with E-state index in [1.54, 1.807) is 12.4 Å². The molecule has 0 aromatic heterocycles. The zero-order valence-corrected chi connectivity index (χ0v) is 16.2. The maximum Gasteiger partial charge on any atom is 0.457 e. The van der Waals surface area contributed by atoms with Gasteiger partial charge in [-0.25, -0.2) is 4.99 Å². The van der Waals surface area contributed by atoms with Gasteiger partial charge in [0.25, 0.3) is 0 Å². The molecule has 0 aliphatic carbocycles. The van der Waals surface area contributed by atoms with Gasteiger partial charge < -0.3 is 9.64 Å². The zero-order chi connectivity index (χ0) is 20.2. The first-order chi connectivity index (χ1) is 12.6. The van der Waals surface area contributed by atoms with E-state index in [0.29, 0.717) is 4.90 Å². The van der Waals surface area contributed by atoms with Gasteiger partial charge in [-0.05, 0) is 55.3 Å². The van der Waals surface area contributed by atoms with Crippen LogP contribution in [0.25, 0.3) is 0 Å². The Hall–Kier alpha value is -2.22. The maximum atomic E-state index is 13.1. The summed E-state index contributed by atoms with van der Waals surface area (Å²) in [4.78, 5) is 7.82. The summed E-state index contributed by atoms with van der Waals surface area (Å²) in [5.74, 6) is -0.175. The Morgan fingerprint density at radius 3 is 2.44 bits per heavy atom. The van der Waals surface area contributed by atoms with Gasteiger partial charge in [-0.15, -0.1) is 0 Å². The third-order valence-corrected chi connectivity index (χ3v) is 4.60. The lowest BCUT2D eigenvalue weighted by molar-refractivity contribution is -0.236. The average Bonchev–Trinajstić information content (AvgIpc) is 2.56. The number of ether oxygens (including phenoxy) is 1. The molecule has 1 unspecified atom stereocenters. The molecule has 0 saturated heterocycles. The summed E-state index contributed by atoms with van der Waals surface area (Å²) in [5.41, 5.74) is 2.78. The van der Waals surface area contributed by atoms with E-state index >= 15 is 0 Å². The van der Waals surface area contributed by atoms with Crippen LogP contribution in [0.2, 0.25) is 0 Å². The van der Waals surface area contributed by atoms with Gasteiger partial charge in [0.05, 0.1) is 12.0 Å². The van der Waals surface area contributed by atoms with Crippen LogP contribution in [0.15, 0.2) is 51.2 Å². The number of aryl methyl sites for hydroxylation is 2. The molecular formula is C19H20F4N2OS. The van der Waals surface area contributed by atoms with Crippen molar-refractivity contribution in [3.8, 4) is 5.75 Å². The van der Waals surface area contributed by atoms with Crippen LogP contribution in [0, 0.1) is 13.8 Å². The topological polar surface area (TPSA) is 24.8 Å². The van der Waals surface area contributed by atoms with Crippen molar-refractivity contribution in [3.05, 3.63) is 47.5 Å². The number of rotatable bonds is 6. The molecule has 8 heteroatoms. The molecule has 146 valence electrons. The highest BCUT2D eigenvalue weighted by atomic mass is 32.2. The van der Waals surface area contributed by atoms with Gasteiger partial charge >= 0.3 is 12.5 Å². The van der Waals surface area contributed by atoms with E-state index < -0.39 is 12.5 Å². The third kappa shape index (κ3) is 6.16. The van der Waals surface area contributed by atoms with Crippen molar-refractivity contribution in [1.82, 2.24) is 4.90 Å². The van der Waals surface area contributed by atoms with Crippen LogP contribution in [0.5, 0.6) is 5.75 Å². The normalized spacial score (nSPS) is 13.0. The molecule has 1 atom stereocenters. The van der Waals surface area contributed by atoms with Crippen LogP contribution >= 0.6 is 11.8 Å². The van der Waals surface area contributed by atoms with Crippen molar-refractivity contribution in [2.24, 2.45) is 4.99 Å². The minimum atomic E-state index is -5.06. The summed E-state index contributed by atoms with van der Waals surface area (Å²) >= 11 is 1.36. The smallest absolute Gasteiger partial charge is 0.452 e. The Morgan fingerprint density at radius 2 is 1.81 bits per heavy atom. The summed E-state index contributed by atoms with van der Waals surface area (Å²) in [6.45, 7) is 3.86. The van der Waals surface area contributed by atoms with E-state index in [0.717, 1.165) is 21.7 Å². The Kier molecular flexibility index (Phi) is 6.75. The lowest BCUT2D eigenvalue weighted by Gasteiger charge is -2.15. The fraction of sp³-hybridized carbons (Fsp3) is 0.316. The van der Waals surface area contributed by atoms with Gasteiger partial charge in [0.1, 0.15) is 5.75 Å². The SMILES string of the molecule is Cc1cc(Sc2cccc(OC(F)C(F)(F)F)c2)c(C)cc1N=CN(C)C. The largest absolute Gasteiger partial charge is 0.457 e. The van der Waals surface area contributed by atoms with Crippen molar-refractivity contribution in [1.29, 1.82) is 0 Å². The quantitative estimate of drug-likeness (QED) is 0.342. The number of alkyl halides is 4. The molecule has 0 heterocycles. The fourth-order valence-electron chi connectivity index (χ4n) is 2.13. The molecule has 0 spiro atoms. The van der Waals surface area contributed by atoms with Gasteiger partial charge in [-0.1, -0.05) is 17.8 Å². The Morgan fingerprint density at radius 1 is 1.11 bits per heavy atom. The highest BCUT2D eigenvalue weighted by Gasteiger charge is 2.42. The van der Waals surface area contributed by atoms with E-state index in [1.807, 2.05) is 45.0 Å². The average molecular weight is 400 g/mol.